The van der Waals surface area contributed by atoms with E-state index in [-0.39, 0.29) is 4.90 Å². The molecular formula is C16H12F2N2S. The Balaban J connectivity index is 2.02. The third-order valence-corrected chi connectivity index (χ3v) is 4.52. The molecule has 0 saturated carbocycles. The molecule has 2 nitrogen and oxygen atoms in total. The van der Waals surface area contributed by atoms with Crippen LogP contribution in [0.15, 0.2) is 34.2 Å². The lowest BCUT2D eigenvalue weighted by molar-refractivity contribution is 0.577. The van der Waals surface area contributed by atoms with Gasteiger partial charge < -0.3 is 0 Å². The number of aryl methyl sites for hydroxylation is 2. The lowest BCUT2D eigenvalue weighted by Crippen LogP contribution is -2.07. The van der Waals surface area contributed by atoms with Crippen molar-refractivity contribution in [2.24, 2.45) is 0 Å². The number of hydrogen-bond acceptors (Lipinski definition) is 3. The Labute approximate surface area is 125 Å². The van der Waals surface area contributed by atoms with E-state index in [0.29, 0.717) is 10.6 Å². The maximum Gasteiger partial charge on any atom is 0.137 e. The summed E-state index contributed by atoms with van der Waals surface area (Å²) in [7, 11) is 0. The van der Waals surface area contributed by atoms with Gasteiger partial charge in [-0.1, -0.05) is 11.8 Å². The van der Waals surface area contributed by atoms with E-state index in [4.69, 9.17) is 0 Å². The first-order valence-corrected chi connectivity index (χ1v) is 7.55. The molecule has 3 rings (SSSR count). The van der Waals surface area contributed by atoms with Crippen LogP contribution in [0, 0.1) is 23.0 Å². The van der Waals surface area contributed by atoms with Crippen molar-refractivity contribution in [2.45, 2.75) is 35.6 Å². The van der Waals surface area contributed by atoms with E-state index >= 15 is 0 Å². The molecule has 0 saturated heterocycles. The molecule has 0 unspecified atom stereocenters. The number of aromatic nitrogens is 1. The Morgan fingerprint density at radius 1 is 1.14 bits per heavy atom. The van der Waals surface area contributed by atoms with Crippen molar-refractivity contribution in [2.75, 3.05) is 0 Å². The number of pyridine rings is 1. The molecule has 0 fully saturated rings. The normalized spacial score (nSPS) is 13.6. The molecule has 106 valence electrons. The molecule has 5 heteroatoms. The molecule has 0 aliphatic heterocycles. The first-order valence-electron chi connectivity index (χ1n) is 6.73. The van der Waals surface area contributed by atoms with Gasteiger partial charge in [0.05, 0.1) is 10.5 Å². The number of nitrogens with zero attached hydrogens (tertiary/aromatic N) is 2. The number of halogens is 2. The fraction of sp³-hybridized carbons (Fsp3) is 0.250. The maximum absolute atomic E-state index is 13.7. The summed E-state index contributed by atoms with van der Waals surface area (Å²) in [4.78, 5) is 4.65. The topological polar surface area (TPSA) is 36.7 Å². The summed E-state index contributed by atoms with van der Waals surface area (Å²) >= 11 is 1.00. The van der Waals surface area contributed by atoms with Crippen LogP contribution >= 0.6 is 11.8 Å². The summed E-state index contributed by atoms with van der Waals surface area (Å²) in [5.74, 6) is -1.01. The van der Waals surface area contributed by atoms with Crippen LogP contribution < -0.4 is 0 Å². The van der Waals surface area contributed by atoms with Crippen LogP contribution in [0.3, 0.4) is 0 Å². The number of fused-ring (bicyclic) bond motifs is 1. The highest BCUT2D eigenvalue weighted by Gasteiger charge is 2.17. The van der Waals surface area contributed by atoms with Crippen molar-refractivity contribution < 1.29 is 8.78 Å². The SMILES string of the molecule is N#Cc1cc2c(nc1Sc1cc(F)ccc1F)CCCC2. The lowest BCUT2D eigenvalue weighted by Gasteiger charge is -2.16. The van der Waals surface area contributed by atoms with Crippen molar-refractivity contribution in [3.05, 3.63) is 52.7 Å². The van der Waals surface area contributed by atoms with Gasteiger partial charge in [-0.15, -0.1) is 0 Å². The Morgan fingerprint density at radius 2 is 1.95 bits per heavy atom. The van der Waals surface area contributed by atoms with Crippen LogP contribution in [0.2, 0.25) is 0 Å². The average Bonchev–Trinajstić information content (AvgIpc) is 2.50. The molecule has 2 aromatic rings. The average molecular weight is 302 g/mol. The molecule has 1 aromatic carbocycles. The van der Waals surface area contributed by atoms with Crippen molar-refractivity contribution in [1.82, 2.24) is 4.98 Å². The molecule has 0 amide bonds. The van der Waals surface area contributed by atoms with Crippen molar-refractivity contribution >= 4 is 11.8 Å². The Hall–Kier alpha value is -1.93. The van der Waals surface area contributed by atoms with E-state index in [1.807, 2.05) is 6.07 Å². The number of benzene rings is 1. The van der Waals surface area contributed by atoms with E-state index in [9.17, 15) is 14.0 Å². The molecule has 1 aliphatic rings. The monoisotopic (exact) mass is 302 g/mol. The number of nitriles is 1. The van der Waals surface area contributed by atoms with Crippen LogP contribution in [0.25, 0.3) is 0 Å². The van der Waals surface area contributed by atoms with Crippen LogP contribution in [0.5, 0.6) is 0 Å². The van der Waals surface area contributed by atoms with E-state index < -0.39 is 11.6 Å². The number of rotatable bonds is 2. The highest BCUT2D eigenvalue weighted by Crippen LogP contribution is 2.33. The largest absolute Gasteiger partial charge is 0.244 e. The second kappa shape index (κ2) is 5.82. The molecule has 0 atom stereocenters. The lowest BCUT2D eigenvalue weighted by atomic mass is 9.95. The zero-order chi connectivity index (χ0) is 14.8. The second-order valence-electron chi connectivity index (χ2n) is 4.94. The van der Waals surface area contributed by atoms with Crippen LogP contribution in [0.4, 0.5) is 8.78 Å². The van der Waals surface area contributed by atoms with Crippen LogP contribution in [0.1, 0.15) is 29.7 Å². The summed E-state index contributed by atoms with van der Waals surface area (Å²) < 4.78 is 27.0. The van der Waals surface area contributed by atoms with Gasteiger partial charge in [-0.3, -0.25) is 0 Å². The third-order valence-electron chi connectivity index (χ3n) is 3.49. The summed E-state index contributed by atoms with van der Waals surface area (Å²) in [5, 5.41) is 9.70. The molecule has 1 aliphatic carbocycles. The summed E-state index contributed by atoms with van der Waals surface area (Å²) in [6.45, 7) is 0. The van der Waals surface area contributed by atoms with E-state index in [2.05, 4.69) is 11.1 Å². The fourth-order valence-corrected chi connectivity index (χ4v) is 3.35. The molecule has 0 N–H and O–H groups in total. The van der Waals surface area contributed by atoms with Gasteiger partial charge in [0.15, 0.2) is 0 Å². The van der Waals surface area contributed by atoms with Gasteiger partial charge in [0.2, 0.25) is 0 Å². The highest BCUT2D eigenvalue weighted by atomic mass is 32.2. The minimum atomic E-state index is -0.509. The molecule has 1 aromatic heterocycles. The van der Waals surface area contributed by atoms with Crippen molar-refractivity contribution in [3.63, 3.8) is 0 Å². The van der Waals surface area contributed by atoms with Crippen LogP contribution in [-0.2, 0) is 12.8 Å². The number of hydrogen-bond donors (Lipinski definition) is 0. The molecule has 0 spiro atoms. The smallest absolute Gasteiger partial charge is 0.137 e. The first kappa shape index (κ1) is 14.0. The summed E-state index contributed by atoms with van der Waals surface area (Å²) in [5.41, 5.74) is 2.49. The van der Waals surface area contributed by atoms with Gasteiger partial charge in [0, 0.05) is 5.69 Å². The van der Waals surface area contributed by atoms with E-state index in [0.717, 1.165) is 66.9 Å². The predicted octanol–water partition coefficient (Wildman–Crippen LogP) is 4.26. The minimum Gasteiger partial charge on any atom is -0.244 e. The van der Waals surface area contributed by atoms with Gasteiger partial charge in [0.25, 0.3) is 0 Å². The molecule has 0 bridgehead atoms. The predicted molar refractivity (Wildman–Crippen MR) is 76.1 cm³/mol. The quantitative estimate of drug-likeness (QED) is 0.831. The summed E-state index contributed by atoms with van der Waals surface area (Å²) in [6.07, 6.45) is 3.98. The fourth-order valence-electron chi connectivity index (χ4n) is 2.43. The Morgan fingerprint density at radius 3 is 2.76 bits per heavy atom. The highest BCUT2D eigenvalue weighted by molar-refractivity contribution is 7.99. The standard InChI is InChI=1S/C16H12F2N2S/c17-12-5-6-13(18)15(8-12)21-16-11(9-19)7-10-3-1-2-4-14(10)20-16/h5-8H,1-4H2. The van der Waals surface area contributed by atoms with Crippen molar-refractivity contribution in [1.29, 1.82) is 5.26 Å². The molecule has 21 heavy (non-hydrogen) atoms. The van der Waals surface area contributed by atoms with E-state index in [1.54, 1.807) is 0 Å². The summed E-state index contributed by atoms with van der Waals surface area (Å²) in [6, 6.07) is 7.22. The molecule has 1 heterocycles. The Kier molecular flexibility index (Phi) is 3.89. The zero-order valence-electron chi connectivity index (χ0n) is 11.2. The van der Waals surface area contributed by atoms with Gasteiger partial charge in [0.1, 0.15) is 22.7 Å². The Bertz CT molecular complexity index is 738. The van der Waals surface area contributed by atoms with Gasteiger partial charge in [-0.25, -0.2) is 13.8 Å². The van der Waals surface area contributed by atoms with Crippen molar-refractivity contribution in [3.8, 4) is 6.07 Å². The van der Waals surface area contributed by atoms with Gasteiger partial charge in [-0.05, 0) is 55.5 Å². The van der Waals surface area contributed by atoms with E-state index in [1.165, 1.54) is 0 Å². The van der Waals surface area contributed by atoms with Crippen LogP contribution in [-0.4, -0.2) is 4.98 Å². The molecule has 0 radical (unpaired) electrons. The zero-order valence-corrected chi connectivity index (χ0v) is 12.0. The second-order valence-corrected chi connectivity index (χ2v) is 5.97. The first-order chi connectivity index (χ1) is 10.2. The van der Waals surface area contributed by atoms with Gasteiger partial charge in [-0.2, -0.15) is 5.26 Å². The minimum absolute atomic E-state index is 0.148. The van der Waals surface area contributed by atoms with Gasteiger partial charge >= 0.3 is 0 Å². The molecular weight excluding hydrogens is 290 g/mol. The third kappa shape index (κ3) is 2.91. The maximum atomic E-state index is 13.7.